The van der Waals surface area contributed by atoms with E-state index >= 15 is 0 Å². The molecule has 0 amide bonds. The minimum atomic E-state index is 0.877. The maximum atomic E-state index is 4.79. The molecule has 1 atom stereocenters. The highest BCUT2D eigenvalue weighted by atomic mass is 32.1. The molecule has 2 aromatic heterocycles. The van der Waals surface area contributed by atoms with Gasteiger partial charge in [0.2, 0.25) is 0 Å². The van der Waals surface area contributed by atoms with Gasteiger partial charge in [0.15, 0.2) is 0 Å². The zero-order valence-electron chi connectivity index (χ0n) is 19.4. The molecule has 3 saturated carbocycles. The third-order valence-corrected chi connectivity index (χ3v) is 9.61. The van der Waals surface area contributed by atoms with Gasteiger partial charge >= 0.3 is 0 Å². The van der Waals surface area contributed by atoms with E-state index < -0.39 is 0 Å². The second-order valence-electron chi connectivity index (χ2n) is 10.4. The second-order valence-corrected chi connectivity index (χ2v) is 11.4. The van der Waals surface area contributed by atoms with Gasteiger partial charge in [0.25, 0.3) is 0 Å². The second kappa shape index (κ2) is 8.36. The van der Waals surface area contributed by atoms with Crippen LogP contribution in [0.15, 0.2) is 85.1 Å². The van der Waals surface area contributed by atoms with Crippen molar-refractivity contribution >= 4 is 31.5 Å². The number of thiophene rings is 1. The summed E-state index contributed by atoms with van der Waals surface area (Å²) in [5.74, 6) is 2.82. The summed E-state index contributed by atoms with van der Waals surface area (Å²) in [5, 5.41) is 2.68. The van der Waals surface area contributed by atoms with E-state index in [1.165, 1.54) is 81.0 Å². The van der Waals surface area contributed by atoms with E-state index in [1.807, 2.05) is 17.5 Å². The predicted molar refractivity (Wildman–Crippen MR) is 145 cm³/mol. The van der Waals surface area contributed by atoms with E-state index in [2.05, 4.69) is 78.9 Å². The largest absolute Gasteiger partial charge is 0.256 e. The Morgan fingerprint density at radius 1 is 0.765 bits per heavy atom. The van der Waals surface area contributed by atoms with Gasteiger partial charge in [-0.05, 0) is 84.4 Å². The Hall–Kier alpha value is -2.97. The maximum absolute atomic E-state index is 4.79. The Morgan fingerprint density at radius 2 is 1.65 bits per heavy atom. The number of nitrogens with zero attached hydrogens (tertiary/aromatic N) is 1. The van der Waals surface area contributed by atoms with Crippen molar-refractivity contribution in [2.45, 2.75) is 38.5 Å². The van der Waals surface area contributed by atoms with Gasteiger partial charge in [0, 0.05) is 31.9 Å². The molecule has 0 saturated heterocycles. The smallest absolute Gasteiger partial charge is 0.0704 e. The molecule has 3 aliphatic rings. The van der Waals surface area contributed by atoms with E-state index in [9.17, 15) is 0 Å². The zero-order chi connectivity index (χ0) is 22.5. The molecule has 2 bridgehead atoms. The lowest BCUT2D eigenvalue weighted by Gasteiger charge is -2.42. The number of benzene rings is 3. The minimum absolute atomic E-state index is 0.877. The van der Waals surface area contributed by atoms with Gasteiger partial charge in [0.1, 0.15) is 0 Å². The lowest BCUT2D eigenvalue weighted by molar-refractivity contribution is 0.0991. The van der Waals surface area contributed by atoms with Crippen molar-refractivity contribution in [3.05, 3.63) is 90.6 Å². The van der Waals surface area contributed by atoms with Gasteiger partial charge in [0.05, 0.1) is 5.69 Å². The highest BCUT2D eigenvalue weighted by Crippen LogP contribution is 2.46. The highest BCUT2D eigenvalue weighted by Gasteiger charge is 2.35. The van der Waals surface area contributed by atoms with Gasteiger partial charge in [-0.15, -0.1) is 11.3 Å². The number of hydrogen-bond acceptors (Lipinski definition) is 2. The molecule has 1 nitrogen and oxygen atoms in total. The van der Waals surface area contributed by atoms with E-state index in [4.69, 9.17) is 4.98 Å². The summed E-state index contributed by atoms with van der Waals surface area (Å²) in [5.41, 5.74) is 6.40. The topological polar surface area (TPSA) is 12.9 Å². The number of aromatic nitrogens is 1. The van der Waals surface area contributed by atoms with Crippen molar-refractivity contribution in [2.24, 2.45) is 17.8 Å². The van der Waals surface area contributed by atoms with Crippen LogP contribution in [0.4, 0.5) is 0 Å². The van der Waals surface area contributed by atoms with Crippen molar-refractivity contribution < 1.29 is 0 Å². The SMILES string of the molecule is c1ccc(-c2cccc3c2sc2ccc(-c4cc(CC5CC6CCC5CC6)ccn4)cc23)cc1. The molecule has 1 unspecified atom stereocenters. The quantitative estimate of drug-likeness (QED) is 0.261. The Bertz CT molecular complexity index is 1470. The van der Waals surface area contributed by atoms with Crippen molar-refractivity contribution in [3.63, 3.8) is 0 Å². The van der Waals surface area contributed by atoms with Gasteiger partial charge < -0.3 is 0 Å². The first-order chi connectivity index (χ1) is 16.8. The fourth-order valence-corrected chi connectivity index (χ4v) is 7.85. The lowest BCUT2D eigenvalue weighted by atomic mass is 9.63. The third-order valence-electron chi connectivity index (χ3n) is 8.39. The van der Waals surface area contributed by atoms with E-state index in [-0.39, 0.29) is 0 Å². The van der Waals surface area contributed by atoms with Crippen LogP contribution in [0, 0.1) is 17.8 Å². The zero-order valence-corrected chi connectivity index (χ0v) is 20.2. The van der Waals surface area contributed by atoms with Crippen molar-refractivity contribution in [1.82, 2.24) is 4.98 Å². The first-order valence-corrected chi connectivity index (χ1v) is 13.6. The molecule has 0 spiro atoms. The standard InChI is InChI=1S/C32H29NS/c1-2-5-24(6-3-1)27-7-4-8-28-29-20-25(13-14-31(29)34-32(27)28)30-19-22(15-16-33-30)18-26-17-21-9-11-23(26)12-10-21/h1-8,13-16,19-21,23,26H,9-12,17-18H2. The van der Waals surface area contributed by atoms with Crippen LogP contribution >= 0.6 is 11.3 Å². The fraction of sp³-hybridized carbons (Fsp3) is 0.281. The van der Waals surface area contributed by atoms with E-state index in [1.54, 1.807) is 0 Å². The summed E-state index contributed by atoms with van der Waals surface area (Å²) in [6.45, 7) is 0. The number of rotatable bonds is 4. The molecule has 3 aromatic carbocycles. The molecule has 3 aliphatic carbocycles. The highest BCUT2D eigenvalue weighted by molar-refractivity contribution is 7.26. The number of fused-ring (bicyclic) bond motifs is 6. The first kappa shape index (κ1) is 20.4. The Kier molecular flexibility index (Phi) is 5.02. The Labute approximate surface area is 205 Å². The summed E-state index contributed by atoms with van der Waals surface area (Å²) >= 11 is 1.90. The Morgan fingerprint density at radius 3 is 2.47 bits per heavy atom. The third kappa shape index (κ3) is 3.56. The summed E-state index contributed by atoms with van der Waals surface area (Å²) in [6.07, 6.45) is 10.6. The first-order valence-electron chi connectivity index (χ1n) is 12.8. The average molecular weight is 460 g/mol. The molecular weight excluding hydrogens is 430 g/mol. The molecule has 3 fully saturated rings. The van der Waals surface area contributed by atoms with E-state index in [0.29, 0.717) is 0 Å². The molecule has 0 aliphatic heterocycles. The van der Waals surface area contributed by atoms with Gasteiger partial charge in [-0.25, -0.2) is 0 Å². The maximum Gasteiger partial charge on any atom is 0.0704 e. The molecule has 168 valence electrons. The Balaban J connectivity index is 1.25. The predicted octanol–water partition coefficient (Wildman–Crippen LogP) is 9.15. The molecule has 2 heteroatoms. The summed E-state index contributed by atoms with van der Waals surface area (Å²) < 4.78 is 2.71. The van der Waals surface area contributed by atoms with Crippen LogP contribution in [0.25, 0.3) is 42.6 Å². The molecule has 34 heavy (non-hydrogen) atoms. The van der Waals surface area contributed by atoms with Gasteiger partial charge in [-0.2, -0.15) is 0 Å². The van der Waals surface area contributed by atoms with E-state index in [0.717, 1.165) is 23.4 Å². The van der Waals surface area contributed by atoms with Crippen LogP contribution in [0.3, 0.4) is 0 Å². The van der Waals surface area contributed by atoms with Crippen LogP contribution < -0.4 is 0 Å². The van der Waals surface area contributed by atoms with Crippen LogP contribution in [0.5, 0.6) is 0 Å². The number of pyridine rings is 1. The van der Waals surface area contributed by atoms with Crippen LogP contribution in [0.1, 0.15) is 37.7 Å². The van der Waals surface area contributed by atoms with Crippen molar-refractivity contribution in [2.75, 3.05) is 0 Å². The van der Waals surface area contributed by atoms with Crippen molar-refractivity contribution in [1.29, 1.82) is 0 Å². The lowest BCUT2D eigenvalue weighted by Crippen LogP contribution is -2.32. The fourth-order valence-electron chi connectivity index (χ4n) is 6.63. The number of hydrogen-bond donors (Lipinski definition) is 0. The normalized spacial score (nSPS) is 21.9. The molecule has 0 N–H and O–H groups in total. The summed E-state index contributed by atoms with van der Waals surface area (Å²) in [7, 11) is 0. The molecular formula is C32H29NS. The average Bonchev–Trinajstić information content (AvgIpc) is 3.28. The minimum Gasteiger partial charge on any atom is -0.256 e. The van der Waals surface area contributed by atoms with Crippen LogP contribution in [0.2, 0.25) is 0 Å². The summed E-state index contributed by atoms with van der Waals surface area (Å²) in [6, 6.07) is 29.0. The van der Waals surface area contributed by atoms with Crippen LogP contribution in [-0.2, 0) is 6.42 Å². The molecule has 5 aromatic rings. The molecule has 2 heterocycles. The summed E-state index contributed by atoms with van der Waals surface area (Å²) in [4.78, 5) is 4.79. The van der Waals surface area contributed by atoms with Crippen LogP contribution in [-0.4, -0.2) is 4.98 Å². The van der Waals surface area contributed by atoms with Crippen molar-refractivity contribution in [3.8, 4) is 22.4 Å². The molecule has 8 rings (SSSR count). The van der Waals surface area contributed by atoms with Gasteiger partial charge in [-0.1, -0.05) is 67.4 Å². The van der Waals surface area contributed by atoms with Gasteiger partial charge in [-0.3, -0.25) is 4.98 Å². The molecule has 0 radical (unpaired) electrons. The monoisotopic (exact) mass is 459 g/mol.